The molecule has 2 aromatic rings. The number of carbonyl (C=O) groups is 1. The van der Waals surface area contributed by atoms with Crippen LogP contribution in [0.3, 0.4) is 0 Å². The van der Waals surface area contributed by atoms with Crippen molar-refractivity contribution in [3.8, 4) is 0 Å². The first kappa shape index (κ1) is 18.0. The first-order valence-electron chi connectivity index (χ1n) is 8.04. The Morgan fingerprint density at radius 1 is 1.36 bits per heavy atom. The summed E-state index contributed by atoms with van der Waals surface area (Å²) in [5.74, 6) is -1.18. The predicted molar refractivity (Wildman–Crippen MR) is 94.5 cm³/mol. The molecule has 1 N–H and O–H groups in total. The van der Waals surface area contributed by atoms with Gasteiger partial charge >= 0.3 is 0 Å². The van der Waals surface area contributed by atoms with Gasteiger partial charge in [0.05, 0.1) is 6.54 Å². The number of sulfonamides is 1. The molecule has 1 aliphatic rings. The van der Waals surface area contributed by atoms with E-state index in [9.17, 15) is 17.6 Å². The molecule has 134 valence electrons. The smallest absolute Gasteiger partial charge is 0.254 e. The van der Waals surface area contributed by atoms with Crippen LogP contribution in [0.1, 0.15) is 35.0 Å². The number of thiophene rings is 1. The van der Waals surface area contributed by atoms with E-state index < -0.39 is 20.7 Å². The minimum atomic E-state index is -3.96. The summed E-state index contributed by atoms with van der Waals surface area (Å²) in [6.07, 6.45) is 1.51. The van der Waals surface area contributed by atoms with E-state index in [0.29, 0.717) is 13.1 Å². The molecule has 3 rings (SSSR count). The van der Waals surface area contributed by atoms with E-state index in [2.05, 4.69) is 4.72 Å². The predicted octanol–water partition coefficient (Wildman–Crippen LogP) is 2.99. The Hall–Kier alpha value is -1.77. The zero-order chi connectivity index (χ0) is 18.0. The van der Waals surface area contributed by atoms with Gasteiger partial charge in [-0.25, -0.2) is 17.5 Å². The molecule has 1 aromatic heterocycles. The molecule has 0 bridgehead atoms. The minimum Gasteiger partial charge on any atom is -0.334 e. The topological polar surface area (TPSA) is 66.5 Å². The Morgan fingerprint density at radius 3 is 2.72 bits per heavy atom. The zero-order valence-electron chi connectivity index (χ0n) is 13.7. The fourth-order valence-corrected chi connectivity index (χ4v) is 4.55. The van der Waals surface area contributed by atoms with Gasteiger partial charge in [0.2, 0.25) is 10.0 Å². The van der Waals surface area contributed by atoms with Gasteiger partial charge in [-0.05, 0) is 49.4 Å². The number of benzene rings is 1. The number of hydrogen-bond acceptors (Lipinski definition) is 4. The molecule has 25 heavy (non-hydrogen) atoms. The van der Waals surface area contributed by atoms with Gasteiger partial charge in [0.15, 0.2) is 0 Å². The maximum atomic E-state index is 14.0. The first-order valence-corrected chi connectivity index (χ1v) is 10.4. The largest absolute Gasteiger partial charge is 0.334 e. The molecular formula is C17H19FN2O3S2. The van der Waals surface area contributed by atoms with Crippen LogP contribution in [-0.4, -0.2) is 31.8 Å². The second-order valence-electron chi connectivity index (χ2n) is 5.94. The summed E-state index contributed by atoms with van der Waals surface area (Å²) >= 11 is 1.54. The highest BCUT2D eigenvalue weighted by atomic mass is 32.2. The molecule has 8 heteroatoms. The van der Waals surface area contributed by atoms with Gasteiger partial charge in [0, 0.05) is 23.0 Å². The van der Waals surface area contributed by atoms with Crippen LogP contribution in [-0.2, 0) is 16.6 Å². The van der Waals surface area contributed by atoms with E-state index in [1.807, 2.05) is 24.4 Å². The highest BCUT2D eigenvalue weighted by Gasteiger charge is 2.30. The molecular weight excluding hydrogens is 363 g/mol. The number of nitrogens with zero attached hydrogens (tertiary/aromatic N) is 1. The fraction of sp³-hybridized carbons (Fsp3) is 0.353. The van der Waals surface area contributed by atoms with Crippen LogP contribution in [0.15, 0.2) is 40.6 Å². The van der Waals surface area contributed by atoms with Crippen molar-refractivity contribution in [3.05, 3.63) is 52.0 Å². The summed E-state index contributed by atoms with van der Waals surface area (Å²) in [6, 6.07) is 7.19. The fourth-order valence-electron chi connectivity index (χ4n) is 2.43. The molecule has 0 spiro atoms. The molecule has 1 saturated carbocycles. The Bertz CT molecular complexity index is 862. The third-order valence-corrected chi connectivity index (χ3v) is 6.36. The number of hydrogen-bond donors (Lipinski definition) is 1. The van der Waals surface area contributed by atoms with Gasteiger partial charge in [0.25, 0.3) is 5.91 Å². The van der Waals surface area contributed by atoms with Crippen molar-refractivity contribution in [2.75, 3.05) is 6.54 Å². The molecule has 0 saturated heterocycles. The van der Waals surface area contributed by atoms with Crippen molar-refractivity contribution in [2.45, 2.75) is 37.2 Å². The second kappa shape index (κ2) is 7.23. The monoisotopic (exact) mass is 382 g/mol. The van der Waals surface area contributed by atoms with Crippen LogP contribution >= 0.6 is 11.3 Å². The van der Waals surface area contributed by atoms with Gasteiger partial charge < -0.3 is 4.90 Å². The van der Waals surface area contributed by atoms with Crippen LogP contribution in [0.4, 0.5) is 4.39 Å². The highest BCUT2D eigenvalue weighted by molar-refractivity contribution is 7.89. The molecule has 1 aromatic carbocycles. The molecule has 0 aliphatic heterocycles. The molecule has 0 radical (unpaired) electrons. The van der Waals surface area contributed by atoms with Gasteiger partial charge in [-0.1, -0.05) is 6.07 Å². The quantitative estimate of drug-likeness (QED) is 0.801. The summed E-state index contributed by atoms with van der Waals surface area (Å²) in [5, 5.41) is 1.93. The third-order valence-electron chi connectivity index (χ3n) is 3.96. The van der Waals surface area contributed by atoms with Crippen molar-refractivity contribution in [1.29, 1.82) is 0 Å². The molecule has 0 unspecified atom stereocenters. The van der Waals surface area contributed by atoms with E-state index in [1.54, 1.807) is 16.2 Å². The molecule has 1 heterocycles. The Kier molecular flexibility index (Phi) is 5.21. The Labute approximate surface area is 150 Å². The van der Waals surface area contributed by atoms with E-state index in [1.165, 1.54) is 6.07 Å². The average molecular weight is 382 g/mol. The van der Waals surface area contributed by atoms with Crippen LogP contribution in [0.5, 0.6) is 0 Å². The molecule has 5 nitrogen and oxygen atoms in total. The standard InChI is InChI=1S/C17H19FN2O3S2/c1-2-20(11-14-4-3-9-24-14)17(21)12-5-8-15(18)16(10-12)25(22,23)19-13-6-7-13/h3-5,8-10,13,19H,2,6-7,11H2,1H3. The van der Waals surface area contributed by atoms with Crippen LogP contribution in [0.2, 0.25) is 0 Å². The number of amides is 1. The van der Waals surface area contributed by atoms with Gasteiger partial charge in [-0.15, -0.1) is 11.3 Å². The molecule has 0 atom stereocenters. The van der Waals surface area contributed by atoms with Gasteiger partial charge in [-0.2, -0.15) is 0 Å². The summed E-state index contributed by atoms with van der Waals surface area (Å²) in [4.78, 5) is 14.9. The van der Waals surface area contributed by atoms with Crippen molar-refractivity contribution in [2.24, 2.45) is 0 Å². The highest BCUT2D eigenvalue weighted by Crippen LogP contribution is 2.24. The lowest BCUT2D eigenvalue weighted by atomic mass is 10.2. The van der Waals surface area contributed by atoms with Crippen molar-refractivity contribution < 1.29 is 17.6 Å². The Morgan fingerprint density at radius 2 is 2.12 bits per heavy atom. The summed E-state index contributed by atoms with van der Waals surface area (Å²) in [5.41, 5.74) is 0.163. The number of nitrogens with one attached hydrogen (secondary N) is 1. The van der Waals surface area contributed by atoms with Gasteiger partial charge in [-0.3, -0.25) is 4.79 Å². The normalized spacial score (nSPS) is 14.5. The molecule has 1 amide bonds. The number of halogens is 1. The third kappa shape index (κ3) is 4.26. The summed E-state index contributed by atoms with van der Waals surface area (Å²) in [7, 11) is -3.96. The maximum Gasteiger partial charge on any atom is 0.254 e. The maximum absolute atomic E-state index is 14.0. The van der Waals surface area contributed by atoms with Crippen molar-refractivity contribution >= 4 is 27.3 Å². The molecule has 1 aliphatic carbocycles. The Balaban J connectivity index is 1.86. The SMILES string of the molecule is CCN(Cc1cccs1)C(=O)c1ccc(F)c(S(=O)(=O)NC2CC2)c1. The minimum absolute atomic E-state index is 0.130. The van der Waals surface area contributed by atoms with Crippen LogP contribution in [0.25, 0.3) is 0 Å². The van der Waals surface area contributed by atoms with Crippen LogP contribution in [0, 0.1) is 5.82 Å². The van der Waals surface area contributed by atoms with E-state index >= 15 is 0 Å². The van der Waals surface area contributed by atoms with Gasteiger partial charge in [0.1, 0.15) is 10.7 Å². The van der Waals surface area contributed by atoms with Crippen molar-refractivity contribution in [3.63, 3.8) is 0 Å². The lowest BCUT2D eigenvalue weighted by Crippen LogP contribution is -2.31. The second-order valence-corrected chi connectivity index (χ2v) is 8.65. The zero-order valence-corrected chi connectivity index (χ0v) is 15.4. The lowest BCUT2D eigenvalue weighted by molar-refractivity contribution is 0.0754. The van der Waals surface area contributed by atoms with E-state index in [-0.39, 0.29) is 17.5 Å². The number of carbonyl (C=O) groups excluding carboxylic acids is 1. The summed E-state index contributed by atoms with van der Waals surface area (Å²) < 4.78 is 41.1. The van der Waals surface area contributed by atoms with Crippen molar-refractivity contribution in [1.82, 2.24) is 9.62 Å². The average Bonchev–Trinajstić information content (AvgIpc) is 3.23. The first-order chi connectivity index (χ1) is 11.9. The van der Waals surface area contributed by atoms with E-state index in [0.717, 1.165) is 29.9 Å². The van der Waals surface area contributed by atoms with E-state index in [4.69, 9.17) is 0 Å². The van der Waals surface area contributed by atoms with Crippen LogP contribution < -0.4 is 4.72 Å². The number of rotatable bonds is 7. The lowest BCUT2D eigenvalue weighted by Gasteiger charge is -2.20. The summed E-state index contributed by atoms with van der Waals surface area (Å²) in [6.45, 7) is 2.75. The molecule has 1 fully saturated rings.